The molecule has 0 radical (unpaired) electrons. The molecule has 0 aromatic carbocycles. The van der Waals surface area contributed by atoms with Crippen molar-refractivity contribution in [1.82, 2.24) is 19.9 Å². The fraction of sp³-hybridized carbons (Fsp3) is 0.500. The Morgan fingerprint density at radius 1 is 1.22 bits per heavy atom. The molecule has 2 atom stereocenters. The summed E-state index contributed by atoms with van der Waals surface area (Å²) in [5.41, 5.74) is 0.289. The van der Waals surface area contributed by atoms with Crippen molar-refractivity contribution in [1.29, 1.82) is 0 Å². The molecule has 1 aliphatic rings. The molecule has 6 nitrogen and oxygen atoms in total. The third-order valence-corrected chi connectivity index (χ3v) is 5.10. The molecule has 2 aromatic rings. The lowest BCUT2D eigenvalue weighted by Gasteiger charge is -2.27. The number of aromatic nitrogens is 4. The van der Waals surface area contributed by atoms with Gasteiger partial charge in [0.25, 0.3) is 5.92 Å². The third-order valence-electron chi connectivity index (χ3n) is 5.10. The van der Waals surface area contributed by atoms with Crippen molar-refractivity contribution in [3.8, 4) is 0 Å². The SMILES string of the molecule is C[C@@H](CCc1nc(NCc2ccccn2)nc(C2=C(F)C(O)C(F)(F)CC2)n1)C(F)(F)F. The number of aliphatic hydroxyl groups excluding tert-OH is 1. The molecular weight excluding hydrogens is 440 g/mol. The van der Waals surface area contributed by atoms with Crippen LogP contribution in [0.1, 0.15) is 43.5 Å². The second kappa shape index (κ2) is 9.39. The number of halogens is 6. The Hall–Kier alpha value is -2.76. The highest BCUT2D eigenvalue weighted by Crippen LogP contribution is 2.41. The number of alkyl halides is 5. The van der Waals surface area contributed by atoms with Gasteiger partial charge in [0.05, 0.1) is 18.2 Å². The molecule has 0 fully saturated rings. The third kappa shape index (κ3) is 5.72. The van der Waals surface area contributed by atoms with E-state index in [-0.39, 0.29) is 42.6 Å². The first kappa shape index (κ1) is 23.9. The fourth-order valence-electron chi connectivity index (χ4n) is 3.04. The van der Waals surface area contributed by atoms with Crippen LogP contribution < -0.4 is 5.32 Å². The van der Waals surface area contributed by atoms with Gasteiger partial charge in [0.2, 0.25) is 5.95 Å². The average Bonchev–Trinajstić information content (AvgIpc) is 2.74. The Kier molecular flexibility index (Phi) is 7.01. The summed E-state index contributed by atoms with van der Waals surface area (Å²) in [6.07, 6.45) is -7.26. The molecule has 2 aromatic heterocycles. The number of anilines is 1. The lowest BCUT2D eigenvalue weighted by atomic mass is 9.92. The molecule has 1 aliphatic carbocycles. The van der Waals surface area contributed by atoms with Crippen molar-refractivity contribution < 1.29 is 31.4 Å². The summed E-state index contributed by atoms with van der Waals surface area (Å²) >= 11 is 0. The fourth-order valence-corrected chi connectivity index (χ4v) is 3.04. The molecule has 0 spiro atoms. The van der Waals surface area contributed by atoms with Gasteiger partial charge in [-0.2, -0.15) is 23.1 Å². The lowest BCUT2D eigenvalue weighted by molar-refractivity contribution is -0.171. The quantitative estimate of drug-likeness (QED) is 0.592. The summed E-state index contributed by atoms with van der Waals surface area (Å²) in [7, 11) is 0. The molecular formula is C20H21F6N5O. The number of hydrogen-bond donors (Lipinski definition) is 2. The number of aliphatic hydroxyl groups is 1. The number of nitrogens with zero attached hydrogens (tertiary/aromatic N) is 4. The van der Waals surface area contributed by atoms with Crippen LogP contribution in [-0.4, -0.2) is 43.2 Å². The molecule has 0 aliphatic heterocycles. The van der Waals surface area contributed by atoms with E-state index in [1.54, 1.807) is 24.4 Å². The van der Waals surface area contributed by atoms with Crippen molar-refractivity contribution >= 4 is 11.5 Å². The molecule has 2 heterocycles. The van der Waals surface area contributed by atoms with E-state index in [0.29, 0.717) is 5.69 Å². The van der Waals surface area contributed by atoms with E-state index in [1.165, 1.54) is 0 Å². The van der Waals surface area contributed by atoms with Gasteiger partial charge in [-0.3, -0.25) is 4.98 Å². The molecule has 12 heteroatoms. The first-order valence-corrected chi connectivity index (χ1v) is 9.87. The van der Waals surface area contributed by atoms with E-state index in [1.807, 2.05) is 0 Å². The molecule has 0 saturated heterocycles. The van der Waals surface area contributed by atoms with E-state index in [4.69, 9.17) is 0 Å². The van der Waals surface area contributed by atoms with E-state index < -0.39 is 42.8 Å². The number of aryl methyl sites for hydroxylation is 1. The van der Waals surface area contributed by atoms with Gasteiger partial charge in [0.15, 0.2) is 11.9 Å². The molecule has 2 N–H and O–H groups in total. The van der Waals surface area contributed by atoms with Crippen molar-refractivity contribution in [2.75, 3.05) is 5.32 Å². The number of hydrogen-bond acceptors (Lipinski definition) is 6. The molecule has 0 saturated carbocycles. The van der Waals surface area contributed by atoms with Crippen molar-refractivity contribution in [3.05, 3.63) is 47.6 Å². The van der Waals surface area contributed by atoms with Gasteiger partial charge in [-0.25, -0.2) is 18.2 Å². The Morgan fingerprint density at radius 2 is 1.97 bits per heavy atom. The molecule has 32 heavy (non-hydrogen) atoms. The van der Waals surface area contributed by atoms with Gasteiger partial charge in [-0.1, -0.05) is 13.0 Å². The highest BCUT2D eigenvalue weighted by molar-refractivity contribution is 5.65. The van der Waals surface area contributed by atoms with Gasteiger partial charge >= 0.3 is 6.18 Å². The Morgan fingerprint density at radius 3 is 2.62 bits per heavy atom. The van der Waals surface area contributed by atoms with E-state index in [9.17, 15) is 31.4 Å². The first-order chi connectivity index (χ1) is 15.0. The minimum Gasteiger partial charge on any atom is -0.380 e. The Balaban J connectivity index is 1.90. The maximum Gasteiger partial charge on any atom is 0.391 e. The van der Waals surface area contributed by atoms with Crippen LogP contribution in [0.25, 0.3) is 5.57 Å². The minimum absolute atomic E-state index is 0.0539. The van der Waals surface area contributed by atoms with Crippen molar-refractivity contribution in [2.24, 2.45) is 5.92 Å². The standard InChI is InChI=1S/C20H21F6N5O/c1-11(20(24,25)26)5-6-14-29-17(13-7-8-19(22,23)16(32)15(13)21)31-18(30-14)28-10-12-4-2-3-9-27-12/h2-4,9,11,16,32H,5-8,10H2,1H3,(H,28,29,30,31)/t11-,16?/m0/s1. The van der Waals surface area contributed by atoms with E-state index in [0.717, 1.165) is 6.92 Å². The second-order valence-electron chi connectivity index (χ2n) is 7.54. The summed E-state index contributed by atoms with van der Waals surface area (Å²) in [6, 6.07) is 5.17. The van der Waals surface area contributed by atoms with Crippen LogP contribution in [0.5, 0.6) is 0 Å². The predicted molar refractivity (Wildman–Crippen MR) is 103 cm³/mol. The first-order valence-electron chi connectivity index (χ1n) is 9.87. The summed E-state index contributed by atoms with van der Waals surface area (Å²) in [5.74, 6) is -7.14. The number of allylic oxidation sites excluding steroid dienone is 1. The number of nitrogens with one attached hydrogen (secondary N) is 1. The van der Waals surface area contributed by atoms with E-state index >= 15 is 0 Å². The molecule has 3 rings (SSSR count). The number of rotatable bonds is 7. The van der Waals surface area contributed by atoms with Gasteiger partial charge in [0, 0.05) is 24.6 Å². The summed E-state index contributed by atoms with van der Waals surface area (Å²) < 4.78 is 80.3. The monoisotopic (exact) mass is 461 g/mol. The van der Waals surface area contributed by atoms with Gasteiger partial charge in [-0.15, -0.1) is 0 Å². The molecule has 174 valence electrons. The zero-order valence-corrected chi connectivity index (χ0v) is 17.0. The van der Waals surface area contributed by atoms with Crippen LogP contribution in [-0.2, 0) is 13.0 Å². The van der Waals surface area contributed by atoms with Crippen LogP contribution in [0, 0.1) is 5.92 Å². The smallest absolute Gasteiger partial charge is 0.380 e. The van der Waals surface area contributed by atoms with Gasteiger partial charge < -0.3 is 10.4 Å². The highest BCUT2D eigenvalue weighted by Gasteiger charge is 2.46. The van der Waals surface area contributed by atoms with Crippen LogP contribution in [0.3, 0.4) is 0 Å². The van der Waals surface area contributed by atoms with Crippen molar-refractivity contribution in [2.45, 2.75) is 57.4 Å². The van der Waals surface area contributed by atoms with Gasteiger partial charge in [-0.05, 0) is 25.0 Å². The topological polar surface area (TPSA) is 83.8 Å². The Bertz CT molecular complexity index is 967. The molecule has 1 unspecified atom stereocenters. The zero-order chi connectivity index (χ0) is 23.5. The van der Waals surface area contributed by atoms with Crippen LogP contribution in [0.2, 0.25) is 0 Å². The largest absolute Gasteiger partial charge is 0.391 e. The minimum atomic E-state index is -4.40. The Labute approximate surface area is 179 Å². The van der Waals surface area contributed by atoms with Crippen LogP contribution in [0.4, 0.5) is 32.3 Å². The van der Waals surface area contributed by atoms with Crippen LogP contribution in [0.15, 0.2) is 30.2 Å². The maximum atomic E-state index is 14.5. The zero-order valence-electron chi connectivity index (χ0n) is 17.0. The van der Waals surface area contributed by atoms with Gasteiger partial charge in [0.1, 0.15) is 11.7 Å². The average molecular weight is 461 g/mol. The van der Waals surface area contributed by atoms with Crippen LogP contribution >= 0.6 is 0 Å². The lowest BCUT2D eigenvalue weighted by Crippen LogP contribution is -2.37. The number of pyridine rings is 1. The summed E-state index contributed by atoms with van der Waals surface area (Å²) in [4.78, 5) is 16.2. The summed E-state index contributed by atoms with van der Waals surface area (Å²) in [6.45, 7) is 1.18. The van der Waals surface area contributed by atoms with Crippen molar-refractivity contribution in [3.63, 3.8) is 0 Å². The highest BCUT2D eigenvalue weighted by atomic mass is 19.4. The molecule has 0 bridgehead atoms. The summed E-state index contributed by atoms with van der Waals surface area (Å²) in [5, 5.41) is 12.4. The predicted octanol–water partition coefficient (Wildman–Crippen LogP) is 4.48. The molecule has 0 amide bonds. The maximum absolute atomic E-state index is 14.5. The van der Waals surface area contributed by atoms with E-state index in [2.05, 4.69) is 25.3 Å². The second-order valence-corrected chi connectivity index (χ2v) is 7.54. The normalized spacial score (nSPS) is 19.7.